The third kappa shape index (κ3) is 5.69. The topological polar surface area (TPSA) is 41.6 Å². The second-order valence-corrected chi connectivity index (χ2v) is 11.6. The van der Waals surface area contributed by atoms with Crippen LogP contribution >= 0.6 is 7.37 Å². The van der Waals surface area contributed by atoms with Gasteiger partial charge in [-0.1, -0.05) is 67.3 Å². The average Bonchev–Trinajstić information content (AvgIpc) is 2.84. The molecule has 2 atom stereocenters. The van der Waals surface area contributed by atoms with Gasteiger partial charge in [0.25, 0.3) is 7.37 Å². The van der Waals surface area contributed by atoms with Crippen molar-refractivity contribution in [2.45, 2.75) is 50.9 Å². The summed E-state index contributed by atoms with van der Waals surface area (Å²) in [6.07, 6.45) is 5.43. The lowest BCUT2D eigenvalue weighted by molar-refractivity contribution is 0.159. The zero-order valence-electron chi connectivity index (χ0n) is 19.9. The highest BCUT2D eigenvalue weighted by atomic mass is 31.2. The van der Waals surface area contributed by atoms with Gasteiger partial charge in [0, 0.05) is 30.8 Å². The summed E-state index contributed by atoms with van der Waals surface area (Å²) in [7, 11) is 0.694. The third-order valence-corrected chi connectivity index (χ3v) is 9.13. The van der Waals surface area contributed by atoms with E-state index in [0.717, 1.165) is 47.9 Å². The fourth-order valence-corrected chi connectivity index (χ4v) is 7.07. The van der Waals surface area contributed by atoms with Crippen LogP contribution in [-0.2, 0) is 9.09 Å². The maximum Gasteiger partial charge on any atom is 0.258 e. The minimum atomic E-state index is -3.33. The van der Waals surface area contributed by atoms with Gasteiger partial charge in [-0.25, -0.2) is 0 Å². The number of hydrogen-bond donors (Lipinski definition) is 1. The van der Waals surface area contributed by atoms with Gasteiger partial charge < -0.3 is 14.7 Å². The summed E-state index contributed by atoms with van der Waals surface area (Å²) < 4.78 is 21.7. The van der Waals surface area contributed by atoms with Crippen LogP contribution in [0.15, 0.2) is 78.9 Å². The van der Waals surface area contributed by atoms with Gasteiger partial charge in [0.1, 0.15) is 5.78 Å². The Labute approximate surface area is 198 Å². The number of anilines is 2. The molecule has 0 saturated heterocycles. The molecule has 4 nitrogen and oxygen atoms in total. The van der Waals surface area contributed by atoms with Crippen LogP contribution in [-0.4, -0.2) is 20.2 Å². The van der Waals surface area contributed by atoms with E-state index in [1.165, 1.54) is 12.0 Å². The standard InChI is InChI=1S/C28H35N2O2P/c1-22-14-16-23(17-15-22)28(29-24-10-6-4-7-11-24)33(31,32-26-12-8-5-9-13-26)27-20-18-25(19-21-27)30(2)3/h4,6-7,10-11,14-21,26,28-29H,5,8-9,12-13H2,1-3H3/t28-,33+/m0/s1. The Hall–Kier alpha value is -2.55. The van der Waals surface area contributed by atoms with E-state index < -0.39 is 13.2 Å². The van der Waals surface area contributed by atoms with Crippen molar-refractivity contribution in [1.29, 1.82) is 0 Å². The Kier molecular flexibility index (Phi) is 7.57. The SMILES string of the molecule is Cc1ccc([C@@H](Nc2ccccc2)[P@](=O)(OC2CCCCC2)c2ccc(N(C)C)cc2)cc1. The molecule has 1 aliphatic carbocycles. The predicted molar refractivity (Wildman–Crippen MR) is 140 cm³/mol. The van der Waals surface area contributed by atoms with Crippen molar-refractivity contribution in [2.24, 2.45) is 0 Å². The molecule has 33 heavy (non-hydrogen) atoms. The fourth-order valence-electron chi connectivity index (χ4n) is 4.43. The zero-order chi connectivity index (χ0) is 23.3. The van der Waals surface area contributed by atoms with Crippen molar-refractivity contribution >= 4 is 24.0 Å². The first-order chi connectivity index (χ1) is 16.0. The summed E-state index contributed by atoms with van der Waals surface area (Å²) in [5, 5.41) is 4.34. The molecule has 0 spiro atoms. The third-order valence-electron chi connectivity index (χ3n) is 6.39. The Bertz CT molecular complexity index is 1060. The summed E-state index contributed by atoms with van der Waals surface area (Å²) in [4.78, 5) is 2.05. The van der Waals surface area contributed by atoms with E-state index in [4.69, 9.17) is 4.52 Å². The number of hydrogen-bond acceptors (Lipinski definition) is 4. The molecular formula is C28H35N2O2P. The zero-order valence-corrected chi connectivity index (χ0v) is 20.8. The molecule has 0 amide bonds. The second-order valence-electron chi connectivity index (χ2n) is 9.20. The van der Waals surface area contributed by atoms with Gasteiger partial charge in [0.15, 0.2) is 0 Å². The fraction of sp³-hybridized carbons (Fsp3) is 0.357. The molecular weight excluding hydrogens is 427 g/mol. The molecule has 1 N–H and O–H groups in total. The first kappa shape index (κ1) is 23.6. The van der Waals surface area contributed by atoms with Crippen LogP contribution < -0.4 is 15.5 Å². The van der Waals surface area contributed by atoms with Crippen LogP contribution in [0.1, 0.15) is 49.0 Å². The van der Waals surface area contributed by atoms with Gasteiger partial charge in [-0.2, -0.15) is 0 Å². The van der Waals surface area contributed by atoms with E-state index in [9.17, 15) is 0 Å². The van der Waals surface area contributed by atoms with Crippen LogP contribution in [0, 0.1) is 6.92 Å². The van der Waals surface area contributed by atoms with Crippen molar-refractivity contribution in [1.82, 2.24) is 0 Å². The lowest BCUT2D eigenvalue weighted by Crippen LogP contribution is -2.25. The first-order valence-corrected chi connectivity index (χ1v) is 13.6. The Morgan fingerprint density at radius 2 is 1.52 bits per heavy atom. The minimum Gasteiger partial charge on any atom is -0.378 e. The highest BCUT2D eigenvalue weighted by molar-refractivity contribution is 7.67. The molecule has 0 aliphatic heterocycles. The van der Waals surface area contributed by atoms with Gasteiger partial charge >= 0.3 is 0 Å². The van der Waals surface area contributed by atoms with Gasteiger partial charge in [0.05, 0.1) is 6.10 Å². The van der Waals surface area contributed by atoms with Crippen molar-refractivity contribution < 1.29 is 9.09 Å². The summed E-state index contributed by atoms with van der Waals surface area (Å²) in [6, 6.07) is 26.3. The maximum atomic E-state index is 15.1. The molecule has 4 rings (SSSR count). The summed E-state index contributed by atoms with van der Waals surface area (Å²) in [6.45, 7) is 2.07. The predicted octanol–water partition coefficient (Wildman–Crippen LogP) is 7.12. The van der Waals surface area contributed by atoms with E-state index in [-0.39, 0.29) is 6.10 Å². The molecule has 0 unspecified atom stereocenters. The number of rotatable bonds is 8. The maximum absolute atomic E-state index is 15.1. The summed E-state index contributed by atoms with van der Waals surface area (Å²) in [5.41, 5.74) is 4.15. The Morgan fingerprint density at radius 1 is 0.879 bits per heavy atom. The highest BCUT2D eigenvalue weighted by Crippen LogP contribution is 2.60. The molecule has 1 aliphatic rings. The number of nitrogens with zero attached hydrogens (tertiary/aromatic N) is 1. The molecule has 174 valence electrons. The van der Waals surface area contributed by atoms with Gasteiger partial charge in [-0.15, -0.1) is 0 Å². The van der Waals surface area contributed by atoms with Crippen molar-refractivity contribution in [3.8, 4) is 0 Å². The van der Waals surface area contributed by atoms with Crippen molar-refractivity contribution in [3.63, 3.8) is 0 Å². The Morgan fingerprint density at radius 3 is 2.12 bits per heavy atom. The molecule has 0 bridgehead atoms. The number of nitrogens with one attached hydrogen (secondary N) is 1. The molecule has 5 heteroatoms. The van der Waals surface area contributed by atoms with Crippen molar-refractivity contribution in [2.75, 3.05) is 24.3 Å². The van der Waals surface area contributed by atoms with Crippen molar-refractivity contribution in [3.05, 3.63) is 90.0 Å². The molecule has 0 heterocycles. The molecule has 1 fully saturated rings. The number of aryl methyl sites for hydroxylation is 1. The van der Waals surface area contributed by atoms with E-state index in [0.29, 0.717) is 0 Å². The lowest BCUT2D eigenvalue weighted by Gasteiger charge is -2.34. The first-order valence-electron chi connectivity index (χ1n) is 11.9. The normalized spacial score (nSPS) is 17.2. The van der Waals surface area contributed by atoms with Crippen LogP contribution in [0.5, 0.6) is 0 Å². The van der Waals surface area contributed by atoms with Crippen LogP contribution in [0.2, 0.25) is 0 Å². The van der Waals surface area contributed by atoms with E-state index in [1.54, 1.807) is 0 Å². The van der Waals surface area contributed by atoms with E-state index in [1.807, 2.05) is 68.7 Å². The number of para-hydroxylation sites is 1. The quantitative estimate of drug-likeness (QED) is 0.362. The number of benzene rings is 3. The average molecular weight is 463 g/mol. The second kappa shape index (κ2) is 10.6. The molecule has 0 radical (unpaired) electrons. The monoisotopic (exact) mass is 462 g/mol. The molecule has 3 aromatic rings. The van der Waals surface area contributed by atoms with Crippen LogP contribution in [0.3, 0.4) is 0 Å². The lowest BCUT2D eigenvalue weighted by atomic mass is 9.98. The van der Waals surface area contributed by atoms with E-state index in [2.05, 4.69) is 41.4 Å². The van der Waals surface area contributed by atoms with Gasteiger partial charge in [-0.05, 0) is 61.7 Å². The smallest absolute Gasteiger partial charge is 0.258 e. The largest absolute Gasteiger partial charge is 0.378 e. The van der Waals surface area contributed by atoms with Gasteiger partial charge in [-0.3, -0.25) is 4.57 Å². The van der Waals surface area contributed by atoms with E-state index >= 15 is 4.57 Å². The van der Waals surface area contributed by atoms with Gasteiger partial charge in [0.2, 0.25) is 0 Å². The van der Waals surface area contributed by atoms with Crippen LogP contribution in [0.4, 0.5) is 11.4 Å². The highest BCUT2D eigenvalue weighted by Gasteiger charge is 2.40. The Balaban J connectivity index is 1.80. The minimum absolute atomic E-state index is 0.0173. The molecule has 3 aromatic carbocycles. The summed E-state index contributed by atoms with van der Waals surface area (Å²) in [5.74, 6) is -0.479. The molecule has 1 saturated carbocycles. The van der Waals surface area contributed by atoms with Crippen LogP contribution in [0.25, 0.3) is 0 Å². The molecule has 0 aromatic heterocycles. The summed E-state index contributed by atoms with van der Waals surface area (Å²) >= 11 is 0.